The quantitative estimate of drug-likeness (QED) is 0.731. The largest absolute Gasteiger partial charge is 0.471 e. The van der Waals surface area contributed by atoms with Crippen molar-refractivity contribution in [1.29, 1.82) is 0 Å². The van der Waals surface area contributed by atoms with Crippen molar-refractivity contribution in [3.63, 3.8) is 0 Å². The number of hydrogen-bond acceptors (Lipinski definition) is 6. The number of aromatic nitrogens is 4. The van der Waals surface area contributed by atoms with Crippen LogP contribution in [0.3, 0.4) is 0 Å². The summed E-state index contributed by atoms with van der Waals surface area (Å²) < 4.78 is 13.3. The standard InChI is InChI=1S/C17H19N5O2/c1-13-8-14(20-24-13)9-21-10-15-5-7-19-22(15)12-16(11-21)23-17-4-2-3-6-18-17/h2-8,16H,9-12H2,1H3/t16-/m1/s1. The molecule has 0 radical (unpaired) electrons. The fourth-order valence-electron chi connectivity index (χ4n) is 3.00. The summed E-state index contributed by atoms with van der Waals surface area (Å²) in [6, 6.07) is 9.69. The molecule has 4 heterocycles. The van der Waals surface area contributed by atoms with E-state index in [1.54, 1.807) is 6.20 Å². The summed E-state index contributed by atoms with van der Waals surface area (Å²) in [7, 11) is 0. The van der Waals surface area contributed by atoms with E-state index in [0.29, 0.717) is 19.0 Å². The molecule has 0 aliphatic carbocycles. The van der Waals surface area contributed by atoms with Gasteiger partial charge in [-0.1, -0.05) is 11.2 Å². The molecule has 124 valence electrons. The van der Waals surface area contributed by atoms with E-state index in [1.165, 1.54) is 5.69 Å². The Morgan fingerprint density at radius 2 is 2.21 bits per heavy atom. The highest BCUT2D eigenvalue weighted by atomic mass is 16.5. The van der Waals surface area contributed by atoms with Crippen LogP contribution in [0.25, 0.3) is 0 Å². The van der Waals surface area contributed by atoms with Crippen LogP contribution in [0, 0.1) is 6.92 Å². The second kappa shape index (κ2) is 6.45. The maximum Gasteiger partial charge on any atom is 0.213 e. The van der Waals surface area contributed by atoms with Crippen LogP contribution in [0.2, 0.25) is 0 Å². The van der Waals surface area contributed by atoms with E-state index in [2.05, 4.69) is 20.1 Å². The summed E-state index contributed by atoms with van der Waals surface area (Å²) in [5.41, 5.74) is 2.10. The highest BCUT2D eigenvalue weighted by Crippen LogP contribution is 2.18. The summed E-state index contributed by atoms with van der Waals surface area (Å²) >= 11 is 0. The number of ether oxygens (including phenoxy) is 1. The molecule has 3 aromatic rings. The van der Waals surface area contributed by atoms with Crippen LogP contribution in [0.4, 0.5) is 0 Å². The van der Waals surface area contributed by atoms with Crippen LogP contribution in [0.5, 0.6) is 5.88 Å². The average Bonchev–Trinajstić information content (AvgIpc) is 3.14. The first kappa shape index (κ1) is 14.9. The van der Waals surface area contributed by atoms with Gasteiger partial charge in [0.15, 0.2) is 0 Å². The molecule has 0 bridgehead atoms. The van der Waals surface area contributed by atoms with Gasteiger partial charge < -0.3 is 9.26 Å². The van der Waals surface area contributed by atoms with Crippen molar-refractivity contribution in [1.82, 2.24) is 24.8 Å². The molecule has 0 N–H and O–H groups in total. The topological polar surface area (TPSA) is 69.2 Å². The predicted molar refractivity (Wildman–Crippen MR) is 86.2 cm³/mol. The lowest BCUT2D eigenvalue weighted by molar-refractivity contribution is 0.116. The zero-order chi connectivity index (χ0) is 16.4. The number of hydrogen-bond donors (Lipinski definition) is 0. The molecule has 0 saturated heterocycles. The van der Waals surface area contributed by atoms with Gasteiger partial charge >= 0.3 is 0 Å². The zero-order valence-corrected chi connectivity index (χ0v) is 13.5. The third-order valence-corrected chi connectivity index (χ3v) is 4.02. The second-order valence-corrected chi connectivity index (χ2v) is 6.01. The maximum absolute atomic E-state index is 6.08. The molecule has 3 aromatic heterocycles. The molecule has 1 aliphatic heterocycles. The lowest BCUT2D eigenvalue weighted by Gasteiger charge is -2.23. The Morgan fingerprint density at radius 3 is 3.00 bits per heavy atom. The Kier molecular flexibility index (Phi) is 4.00. The van der Waals surface area contributed by atoms with Gasteiger partial charge in [-0.3, -0.25) is 9.58 Å². The van der Waals surface area contributed by atoms with E-state index in [-0.39, 0.29) is 6.10 Å². The van der Waals surface area contributed by atoms with Gasteiger partial charge in [-0.15, -0.1) is 0 Å². The number of fused-ring (bicyclic) bond motifs is 1. The summed E-state index contributed by atoms with van der Waals surface area (Å²) in [4.78, 5) is 6.56. The second-order valence-electron chi connectivity index (χ2n) is 6.01. The van der Waals surface area contributed by atoms with Crippen molar-refractivity contribution in [2.45, 2.75) is 32.7 Å². The lowest BCUT2D eigenvalue weighted by Crippen LogP contribution is -2.35. The maximum atomic E-state index is 6.08. The number of rotatable bonds is 4. The van der Waals surface area contributed by atoms with Gasteiger partial charge in [-0.2, -0.15) is 5.10 Å². The Balaban J connectivity index is 1.54. The minimum Gasteiger partial charge on any atom is -0.471 e. The van der Waals surface area contributed by atoms with Crippen molar-refractivity contribution in [2.75, 3.05) is 6.54 Å². The van der Waals surface area contributed by atoms with Crippen LogP contribution in [-0.2, 0) is 19.6 Å². The molecule has 0 saturated carbocycles. The van der Waals surface area contributed by atoms with Gasteiger partial charge in [0.05, 0.1) is 17.9 Å². The van der Waals surface area contributed by atoms with Crippen LogP contribution in [0.1, 0.15) is 17.1 Å². The Morgan fingerprint density at radius 1 is 1.25 bits per heavy atom. The number of pyridine rings is 1. The lowest BCUT2D eigenvalue weighted by atomic mass is 10.3. The highest BCUT2D eigenvalue weighted by Gasteiger charge is 2.24. The molecule has 7 nitrogen and oxygen atoms in total. The van der Waals surface area contributed by atoms with Gasteiger partial charge in [0.1, 0.15) is 11.9 Å². The van der Waals surface area contributed by atoms with E-state index in [0.717, 1.165) is 24.5 Å². The Hall–Kier alpha value is -2.67. The van der Waals surface area contributed by atoms with Crippen LogP contribution >= 0.6 is 0 Å². The van der Waals surface area contributed by atoms with Crippen molar-refractivity contribution in [2.24, 2.45) is 0 Å². The first-order valence-electron chi connectivity index (χ1n) is 7.99. The van der Waals surface area contributed by atoms with Crippen molar-refractivity contribution in [3.05, 3.63) is 59.9 Å². The molecule has 0 aromatic carbocycles. The molecule has 1 atom stereocenters. The van der Waals surface area contributed by atoms with Crippen molar-refractivity contribution in [3.8, 4) is 5.88 Å². The van der Waals surface area contributed by atoms with Crippen LogP contribution in [0.15, 0.2) is 47.2 Å². The molecule has 0 fully saturated rings. The monoisotopic (exact) mass is 325 g/mol. The molecular weight excluding hydrogens is 306 g/mol. The van der Waals surface area contributed by atoms with Crippen molar-refractivity contribution >= 4 is 0 Å². The fourth-order valence-corrected chi connectivity index (χ4v) is 3.00. The molecule has 7 heteroatoms. The van der Waals surface area contributed by atoms with E-state index in [1.807, 2.05) is 48.1 Å². The molecule has 4 rings (SSSR count). The molecule has 0 unspecified atom stereocenters. The van der Waals surface area contributed by atoms with Crippen LogP contribution < -0.4 is 4.74 Å². The van der Waals surface area contributed by atoms with Gasteiger partial charge in [0.25, 0.3) is 0 Å². The molecule has 0 amide bonds. The fraction of sp³-hybridized carbons (Fsp3) is 0.353. The first-order chi connectivity index (χ1) is 11.8. The third-order valence-electron chi connectivity index (χ3n) is 4.02. The highest BCUT2D eigenvalue weighted by molar-refractivity contribution is 5.11. The summed E-state index contributed by atoms with van der Waals surface area (Å²) in [6.45, 7) is 4.89. The zero-order valence-electron chi connectivity index (χ0n) is 13.5. The van der Waals surface area contributed by atoms with Gasteiger partial charge in [-0.25, -0.2) is 4.98 Å². The number of nitrogens with zero attached hydrogens (tertiary/aromatic N) is 5. The molecular formula is C17H19N5O2. The summed E-state index contributed by atoms with van der Waals surface area (Å²) in [5.74, 6) is 1.46. The summed E-state index contributed by atoms with van der Waals surface area (Å²) in [5, 5.41) is 8.51. The van der Waals surface area contributed by atoms with Gasteiger partial charge in [0, 0.05) is 44.2 Å². The predicted octanol–water partition coefficient (Wildman–Crippen LogP) is 2.04. The first-order valence-corrected chi connectivity index (χ1v) is 7.99. The third kappa shape index (κ3) is 3.30. The SMILES string of the molecule is Cc1cc(CN2Cc3ccnn3C[C@H](Oc3ccccn3)C2)no1. The van der Waals surface area contributed by atoms with E-state index in [9.17, 15) is 0 Å². The minimum absolute atomic E-state index is 0.0333. The Labute approximate surface area is 139 Å². The Bertz CT molecular complexity index is 798. The number of aryl methyl sites for hydroxylation is 1. The normalized spacial score (nSPS) is 18.1. The van der Waals surface area contributed by atoms with E-state index >= 15 is 0 Å². The smallest absolute Gasteiger partial charge is 0.213 e. The molecule has 24 heavy (non-hydrogen) atoms. The molecule has 0 spiro atoms. The van der Waals surface area contributed by atoms with E-state index in [4.69, 9.17) is 9.26 Å². The van der Waals surface area contributed by atoms with Gasteiger partial charge in [-0.05, 0) is 19.1 Å². The van der Waals surface area contributed by atoms with Crippen molar-refractivity contribution < 1.29 is 9.26 Å². The average molecular weight is 325 g/mol. The summed E-state index contributed by atoms with van der Waals surface area (Å²) in [6.07, 6.45) is 3.53. The minimum atomic E-state index is -0.0333. The molecule has 1 aliphatic rings. The van der Waals surface area contributed by atoms with E-state index < -0.39 is 0 Å². The van der Waals surface area contributed by atoms with Crippen LogP contribution in [-0.4, -0.2) is 37.5 Å². The van der Waals surface area contributed by atoms with Gasteiger partial charge in [0.2, 0.25) is 5.88 Å².